The lowest BCUT2D eigenvalue weighted by Gasteiger charge is -2.28. The van der Waals surface area contributed by atoms with Crippen molar-refractivity contribution in [2.45, 2.75) is 45.7 Å². The Morgan fingerprint density at radius 2 is 2.00 bits per heavy atom. The highest BCUT2D eigenvalue weighted by atomic mass is 15.3. The number of nitrogens with one attached hydrogen (secondary N) is 1. The van der Waals surface area contributed by atoms with Gasteiger partial charge < -0.3 is 10.2 Å². The third-order valence-electron chi connectivity index (χ3n) is 4.03. The van der Waals surface area contributed by atoms with Gasteiger partial charge >= 0.3 is 0 Å². The van der Waals surface area contributed by atoms with Gasteiger partial charge in [0.2, 0.25) is 0 Å². The maximum Gasteiger partial charge on any atom is 0.0254 e. The fraction of sp³-hybridized carbons (Fsp3) is 1.00. The molecule has 0 aliphatic carbocycles. The van der Waals surface area contributed by atoms with E-state index in [9.17, 15) is 0 Å². The lowest BCUT2D eigenvalue weighted by Crippen LogP contribution is -2.42. The summed E-state index contributed by atoms with van der Waals surface area (Å²) in [6, 6.07) is 1.46. The van der Waals surface area contributed by atoms with Crippen LogP contribution in [0.25, 0.3) is 0 Å². The van der Waals surface area contributed by atoms with Gasteiger partial charge in [-0.1, -0.05) is 27.2 Å². The van der Waals surface area contributed by atoms with Crippen LogP contribution in [0.15, 0.2) is 0 Å². The molecule has 0 spiro atoms. The average molecular weight is 241 g/mol. The van der Waals surface area contributed by atoms with Crippen molar-refractivity contribution in [1.29, 1.82) is 0 Å². The Kier molecular flexibility index (Phi) is 6.45. The Balaban J connectivity index is 2.51. The van der Waals surface area contributed by atoms with Gasteiger partial charge in [-0.2, -0.15) is 0 Å². The molecular weight excluding hydrogens is 210 g/mol. The Morgan fingerprint density at radius 1 is 1.29 bits per heavy atom. The lowest BCUT2D eigenvalue weighted by atomic mass is 10.1. The molecule has 1 aliphatic heterocycles. The third kappa shape index (κ3) is 4.23. The molecule has 102 valence electrons. The second-order valence-corrected chi connectivity index (χ2v) is 5.71. The SMILES string of the molecule is CCCC(CNCC)N1CC(C)C(N(C)C)C1. The van der Waals surface area contributed by atoms with Crippen molar-refractivity contribution in [1.82, 2.24) is 15.1 Å². The number of likely N-dealkylation sites (N-methyl/N-ethyl adjacent to an activating group) is 2. The van der Waals surface area contributed by atoms with E-state index in [0.29, 0.717) is 0 Å². The summed E-state index contributed by atoms with van der Waals surface area (Å²) in [7, 11) is 4.42. The molecule has 1 heterocycles. The fourth-order valence-corrected chi connectivity index (χ4v) is 3.01. The van der Waals surface area contributed by atoms with Crippen molar-refractivity contribution in [3.63, 3.8) is 0 Å². The molecule has 1 saturated heterocycles. The van der Waals surface area contributed by atoms with Crippen LogP contribution in [-0.4, -0.2) is 62.2 Å². The van der Waals surface area contributed by atoms with E-state index in [4.69, 9.17) is 0 Å². The zero-order valence-electron chi connectivity index (χ0n) is 12.4. The van der Waals surface area contributed by atoms with Gasteiger partial charge in [-0.3, -0.25) is 4.90 Å². The highest BCUT2D eigenvalue weighted by molar-refractivity contribution is 4.90. The van der Waals surface area contributed by atoms with E-state index in [1.54, 1.807) is 0 Å². The van der Waals surface area contributed by atoms with E-state index in [-0.39, 0.29) is 0 Å². The zero-order valence-corrected chi connectivity index (χ0v) is 12.4. The molecule has 3 unspecified atom stereocenters. The van der Waals surface area contributed by atoms with Crippen LogP contribution < -0.4 is 5.32 Å². The van der Waals surface area contributed by atoms with Gasteiger partial charge in [-0.05, 0) is 33.0 Å². The van der Waals surface area contributed by atoms with Gasteiger partial charge in [0.25, 0.3) is 0 Å². The Labute approximate surface area is 108 Å². The summed E-state index contributed by atoms with van der Waals surface area (Å²) < 4.78 is 0. The normalized spacial score (nSPS) is 27.9. The minimum Gasteiger partial charge on any atom is -0.315 e. The summed E-state index contributed by atoms with van der Waals surface area (Å²) in [5.41, 5.74) is 0. The minimum absolute atomic E-state index is 0.729. The van der Waals surface area contributed by atoms with Crippen molar-refractivity contribution in [2.24, 2.45) is 5.92 Å². The monoisotopic (exact) mass is 241 g/mol. The summed E-state index contributed by atoms with van der Waals surface area (Å²) in [5.74, 6) is 0.797. The van der Waals surface area contributed by atoms with Crippen molar-refractivity contribution >= 4 is 0 Å². The smallest absolute Gasteiger partial charge is 0.0254 e. The molecule has 0 aromatic heterocycles. The Hall–Kier alpha value is -0.120. The van der Waals surface area contributed by atoms with E-state index >= 15 is 0 Å². The molecular formula is C14H31N3. The second-order valence-electron chi connectivity index (χ2n) is 5.71. The van der Waals surface area contributed by atoms with Crippen LogP contribution in [0.2, 0.25) is 0 Å². The number of hydrogen-bond donors (Lipinski definition) is 1. The molecule has 0 amide bonds. The predicted octanol–water partition coefficient (Wildman–Crippen LogP) is 1.65. The summed E-state index contributed by atoms with van der Waals surface area (Å²) in [5, 5.41) is 3.51. The van der Waals surface area contributed by atoms with Crippen LogP contribution in [0.4, 0.5) is 0 Å². The lowest BCUT2D eigenvalue weighted by molar-refractivity contribution is 0.201. The molecule has 3 nitrogen and oxygen atoms in total. The van der Waals surface area contributed by atoms with Crippen LogP contribution in [0, 0.1) is 5.92 Å². The molecule has 1 rings (SSSR count). The molecule has 0 aromatic rings. The van der Waals surface area contributed by atoms with E-state index in [0.717, 1.165) is 31.1 Å². The van der Waals surface area contributed by atoms with Crippen LogP contribution in [-0.2, 0) is 0 Å². The molecule has 0 saturated carbocycles. The number of likely N-dealkylation sites (tertiary alicyclic amines) is 1. The van der Waals surface area contributed by atoms with Crippen molar-refractivity contribution in [2.75, 3.05) is 40.3 Å². The minimum atomic E-state index is 0.729. The van der Waals surface area contributed by atoms with Crippen LogP contribution in [0.1, 0.15) is 33.6 Å². The highest BCUT2D eigenvalue weighted by Crippen LogP contribution is 2.23. The fourth-order valence-electron chi connectivity index (χ4n) is 3.01. The summed E-state index contributed by atoms with van der Waals surface area (Å²) in [4.78, 5) is 5.09. The quantitative estimate of drug-likeness (QED) is 0.731. The van der Waals surface area contributed by atoms with E-state index in [1.165, 1.54) is 25.9 Å². The zero-order chi connectivity index (χ0) is 12.8. The summed E-state index contributed by atoms with van der Waals surface area (Å²) in [6.45, 7) is 11.6. The average Bonchev–Trinajstić information content (AvgIpc) is 2.66. The molecule has 3 atom stereocenters. The molecule has 0 aromatic carbocycles. The molecule has 3 heteroatoms. The maximum atomic E-state index is 3.51. The first-order chi connectivity index (χ1) is 8.10. The number of nitrogens with zero attached hydrogens (tertiary/aromatic N) is 2. The first-order valence-electron chi connectivity index (χ1n) is 7.21. The molecule has 0 bridgehead atoms. The first kappa shape index (κ1) is 14.9. The van der Waals surface area contributed by atoms with Crippen molar-refractivity contribution < 1.29 is 0 Å². The number of hydrogen-bond acceptors (Lipinski definition) is 3. The van der Waals surface area contributed by atoms with Gasteiger partial charge in [-0.25, -0.2) is 0 Å². The van der Waals surface area contributed by atoms with Gasteiger partial charge in [0.1, 0.15) is 0 Å². The molecule has 17 heavy (non-hydrogen) atoms. The van der Waals surface area contributed by atoms with Crippen LogP contribution >= 0.6 is 0 Å². The van der Waals surface area contributed by atoms with Gasteiger partial charge in [0, 0.05) is 31.7 Å². The topological polar surface area (TPSA) is 18.5 Å². The second kappa shape index (κ2) is 7.34. The Bertz CT molecular complexity index is 206. The summed E-state index contributed by atoms with van der Waals surface area (Å²) in [6.07, 6.45) is 2.60. The predicted molar refractivity (Wildman–Crippen MR) is 75.5 cm³/mol. The van der Waals surface area contributed by atoms with E-state index in [1.807, 2.05) is 0 Å². The standard InChI is InChI=1S/C14H31N3/c1-6-8-13(9-15-7-2)17-10-12(3)14(11-17)16(4)5/h12-15H,6-11H2,1-5H3. The van der Waals surface area contributed by atoms with Crippen molar-refractivity contribution in [3.8, 4) is 0 Å². The largest absolute Gasteiger partial charge is 0.315 e. The molecule has 1 N–H and O–H groups in total. The number of rotatable bonds is 7. The maximum absolute atomic E-state index is 3.51. The molecule has 1 fully saturated rings. The van der Waals surface area contributed by atoms with Gasteiger partial charge in [0.05, 0.1) is 0 Å². The van der Waals surface area contributed by atoms with E-state index < -0.39 is 0 Å². The van der Waals surface area contributed by atoms with Crippen molar-refractivity contribution in [3.05, 3.63) is 0 Å². The molecule has 1 aliphatic rings. The van der Waals surface area contributed by atoms with Crippen LogP contribution in [0.3, 0.4) is 0 Å². The highest BCUT2D eigenvalue weighted by Gasteiger charge is 2.33. The van der Waals surface area contributed by atoms with Gasteiger partial charge in [0.15, 0.2) is 0 Å². The molecule has 0 radical (unpaired) electrons. The van der Waals surface area contributed by atoms with Crippen LogP contribution in [0.5, 0.6) is 0 Å². The third-order valence-corrected chi connectivity index (χ3v) is 4.03. The van der Waals surface area contributed by atoms with E-state index in [2.05, 4.69) is 50.0 Å². The summed E-state index contributed by atoms with van der Waals surface area (Å²) >= 11 is 0. The Morgan fingerprint density at radius 3 is 2.47 bits per heavy atom. The van der Waals surface area contributed by atoms with Gasteiger partial charge in [-0.15, -0.1) is 0 Å². The first-order valence-corrected chi connectivity index (χ1v) is 7.21.